The van der Waals surface area contributed by atoms with E-state index in [9.17, 15) is 4.79 Å². The van der Waals surface area contributed by atoms with Crippen LogP contribution < -0.4 is 10.1 Å². The highest BCUT2D eigenvalue weighted by Gasteiger charge is 2.18. The van der Waals surface area contributed by atoms with Crippen LogP contribution in [-0.2, 0) is 6.42 Å². The monoisotopic (exact) mass is 405 g/mol. The summed E-state index contributed by atoms with van der Waals surface area (Å²) in [4.78, 5) is 13.6. The second-order valence-corrected chi connectivity index (χ2v) is 7.59. The second-order valence-electron chi connectivity index (χ2n) is 5.04. The number of methoxy groups -OCH3 is 1. The molecule has 0 saturated heterocycles. The maximum absolute atomic E-state index is 12.4. The topological polar surface area (TPSA) is 56.2 Å². The lowest BCUT2D eigenvalue weighted by Crippen LogP contribution is -2.26. The molecule has 2 heterocycles. The molecule has 0 saturated carbocycles. The van der Waals surface area contributed by atoms with E-state index in [0.29, 0.717) is 12.3 Å². The van der Waals surface area contributed by atoms with Crippen LogP contribution in [0.15, 0.2) is 52.4 Å². The third kappa shape index (κ3) is 3.85. The smallest absolute Gasteiger partial charge is 0.275 e. The van der Waals surface area contributed by atoms with Crippen molar-refractivity contribution in [2.75, 3.05) is 13.7 Å². The predicted octanol–water partition coefficient (Wildman–Crippen LogP) is 3.68. The molecule has 0 spiro atoms. The Labute approximate surface area is 152 Å². The van der Waals surface area contributed by atoms with Crippen molar-refractivity contribution in [2.24, 2.45) is 0 Å². The summed E-state index contributed by atoms with van der Waals surface area (Å²) >= 11 is 5.10. The molecule has 0 aliphatic heterocycles. The van der Waals surface area contributed by atoms with Crippen LogP contribution >= 0.6 is 27.3 Å². The van der Waals surface area contributed by atoms with Crippen LogP contribution in [0, 0.1) is 0 Å². The Bertz CT molecular complexity index is 829. The van der Waals surface area contributed by atoms with E-state index in [4.69, 9.17) is 4.74 Å². The zero-order valence-electron chi connectivity index (χ0n) is 13.0. The molecule has 1 amide bonds. The standard InChI is InChI=1S/C17H16BrN3O2S/c1-23-14-11-21(12-5-3-2-4-6-12)20-16(14)17(22)19-10-9-13-7-8-15(18)24-13/h2-8,11H,9-10H2,1H3,(H,19,22). The number of benzene rings is 1. The molecule has 1 N–H and O–H groups in total. The van der Waals surface area contributed by atoms with Crippen molar-refractivity contribution < 1.29 is 9.53 Å². The van der Waals surface area contributed by atoms with E-state index in [0.717, 1.165) is 15.9 Å². The molecule has 5 nitrogen and oxygen atoms in total. The van der Waals surface area contributed by atoms with E-state index < -0.39 is 0 Å². The highest BCUT2D eigenvalue weighted by Crippen LogP contribution is 2.22. The van der Waals surface area contributed by atoms with Gasteiger partial charge in [0, 0.05) is 11.4 Å². The largest absolute Gasteiger partial charge is 0.493 e. The van der Waals surface area contributed by atoms with Gasteiger partial charge < -0.3 is 10.1 Å². The molecule has 0 aliphatic carbocycles. The van der Waals surface area contributed by atoms with Crippen LogP contribution in [0.3, 0.4) is 0 Å². The number of halogens is 1. The molecule has 3 aromatic rings. The van der Waals surface area contributed by atoms with Crippen molar-refractivity contribution in [3.8, 4) is 11.4 Å². The third-order valence-corrected chi connectivity index (χ3v) is 5.11. The summed E-state index contributed by atoms with van der Waals surface area (Å²) in [6, 6.07) is 13.7. The van der Waals surface area contributed by atoms with Gasteiger partial charge in [-0.3, -0.25) is 4.79 Å². The van der Waals surface area contributed by atoms with Crippen LogP contribution in [0.2, 0.25) is 0 Å². The van der Waals surface area contributed by atoms with Gasteiger partial charge in [-0.15, -0.1) is 11.3 Å². The lowest BCUT2D eigenvalue weighted by Gasteiger charge is -2.03. The minimum atomic E-state index is -0.239. The van der Waals surface area contributed by atoms with Gasteiger partial charge in [0.2, 0.25) is 0 Å². The summed E-state index contributed by atoms with van der Waals surface area (Å²) in [7, 11) is 1.53. The second kappa shape index (κ2) is 7.63. The van der Waals surface area contributed by atoms with Crippen molar-refractivity contribution in [1.82, 2.24) is 15.1 Å². The molecule has 0 atom stereocenters. The molecular formula is C17H16BrN3O2S. The van der Waals surface area contributed by atoms with E-state index in [1.54, 1.807) is 22.2 Å². The molecule has 1 aromatic carbocycles. The number of carbonyl (C=O) groups is 1. The predicted molar refractivity (Wildman–Crippen MR) is 98.2 cm³/mol. The number of nitrogens with one attached hydrogen (secondary N) is 1. The van der Waals surface area contributed by atoms with E-state index in [1.807, 2.05) is 42.5 Å². The van der Waals surface area contributed by atoms with Gasteiger partial charge in [0.15, 0.2) is 11.4 Å². The Morgan fingerprint density at radius 2 is 2.08 bits per heavy atom. The number of para-hydroxylation sites is 1. The van der Waals surface area contributed by atoms with Crippen LogP contribution in [0.1, 0.15) is 15.4 Å². The van der Waals surface area contributed by atoms with E-state index in [-0.39, 0.29) is 11.6 Å². The molecule has 2 aromatic heterocycles. The summed E-state index contributed by atoms with van der Waals surface area (Å²) in [5.74, 6) is 0.215. The van der Waals surface area contributed by atoms with Gasteiger partial charge in [-0.1, -0.05) is 18.2 Å². The first-order chi connectivity index (χ1) is 11.7. The molecule has 124 valence electrons. The summed E-state index contributed by atoms with van der Waals surface area (Å²) in [5.41, 5.74) is 1.16. The van der Waals surface area contributed by atoms with Gasteiger partial charge in [-0.05, 0) is 46.6 Å². The number of hydrogen-bond acceptors (Lipinski definition) is 4. The highest BCUT2D eigenvalue weighted by atomic mass is 79.9. The fourth-order valence-corrected chi connectivity index (χ4v) is 3.73. The number of hydrogen-bond donors (Lipinski definition) is 1. The summed E-state index contributed by atoms with van der Waals surface area (Å²) < 4.78 is 8.02. The first-order valence-corrected chi connectivity index (χ1v) is 9.00. The average Bonchev–Trinajstić information content (AvgIpc) is 3.22. The number of ether oxygens (including phenoxy) is 1. The van der Waals surface area contributed by atoms with Crippen LogP contribution in [0.4, 0.5) is 0 Å². The molecule has 0 unspecified atom stereocenters. The number of thiophene rings is 1. The Kier molecular flexibility index (Phi) is 5.32. The Balaban J connectivity index is 1.68. The van der Waals surface area contributed by atoms with Crippen LogP contribution in [-0.4, -0.2) is 29.3 Å². The van der Waals surface area contributed by atoms with Crippen molar-refractivity contribution in [3.63, 3.8) is 0 Å². The van der Waals surface area contributed by atoms with Crippen molar-refractivity contribution in [3.05, 3.63) is 63.0 Å². The number of nitrogens with zero attached hydrogens (tertiary/aromatic N) is 2. The van der Waals surface area contributed by atoms with Crippen molar-refractivity contribution in [1.29, 1.82) is 0 Å². The quantitative estimate of drug-likeness (QED) is 0.680. The van der Waals surface area contributed by atoms with E-state index in [2.05, 4.69) is 26.3 Å². The number of carbonyl (C=O) groups excluding carboxylic acids is 1. The lowest BCUT2D eigenvalue weighted by atomic mass is 10.3. The molecule has 24 heavy (non-hydrogen) atoms. The molecule has 0 bridgehead atoms. The summed E-state index contributed by atoms with van der Waals surface area (Å²) in [6.07, 6.45) is 2.49. The zero-order valence-corrected chi connectivity index (χ0v) is 15.4. The van der Waals surface area contributed by atoms with Gasteiger partial charge in [0.25, 0.3) is 5.91 Å². The van der Waals surface area contributed by atoms with Gasteiger partial charge in [-0.25, -0.2) is 4.68 Å². The third-order valence-electron chi connectivity index (χ3n) is 3.42. The van der Waals surface area contributed by atoms with Crippen molar-refractivity contribution >= 4 is 33.2 Å². The minimum absolute atomic E-state index is 0.239. The van der Waals surface area contributed by atoms with Crippen LogP contribution in [0.25, 0.3) is 5.69 Å². The first kappa shape index (κ1) is 16.7. The molecular weight excluding hydrogens is 390 g/mol. The first-order valence-electron chi connectivity index (χ1n) is 7.39. The number of aromatic nitrogens is 2. The van der Waals surface area contributed by atoms with Crippen LogP contribution in [0.5, 0.6) is 5.75 Å². The van der Waals surface area contributed by atoms with E-state index >= 15 is 0 Å². The fraction of sp³-hybridized carbons (Fsp3) is 0.176. The number of rotatable bonds is 6. The van der Waals surface area contributed by atoms with Gasteiger partial charge in [0.05, 0.1) is 22.8 Å². The van der Waals surface area contributed by atoms with Gasteiger partial charge in [0.1, 0.15) is 0 Å². The Morgan fingerprint density at radius 1 is 1.29 bits per heavy atom. The lowest BCUT2D eigenvalue weighted by molar-refractivity contribution is 0.0946. The fourth-order valence-electron chi connectivity index (χ4n) is 2.25. The normalized spacial score (nSPS) is 10.6. The molecule has 3 rings (SSSR count). The zero-order chi connectivity index (χ0) is 16.9. The van der Waals surface area contributed by atoms with Gasteiger partial charge in [-0.2, -0.15) is 5.10 Å². The molecule has 7 heteroatoms. The maximum atomic E-state index is 12.4. The average molecular weight is 406 g/mol. The minimum Gasteiger partial charge on any atom is -0.493 e. The Hall–Kier alpha value is -2.12. The van der Waals surface area contributed by atoms with Crippen molar-refractivity contribution in [2.45, 2.75) is 6.42 Å². The number of amides is 1. The Morgan fingerprint density at radius 3 is 2.75 bits per heavy atom. The molecule has 0 fully saturated rings. The molecule has 0 aliphatic rings. The summed E-state index contributed by atoms with van der Waals surface area (Å²) in [5, 5.41) is 7.25. The summed E-state index contributed by atoms with van der Waals surface area (Å²) in [6.45, 7) is 0.549. The van der Waals surface area contributed by atoms with E-state index in [1.165, 1.54) is 12.0 Å². The van der Waals surface area contributed by atoms with Gasteiger partial charge >= 0.3 is 0 Å². The highest BCUT2D eigenvalue weighted by molar-refractivity contribution is 9.11. The molecule has 0 radical (unpaired) electrons. The maximum Gasteiger partial charge on any atom is 0.275 e. The SMILES string of the molecule is COc1cn(-c2ccccc2)nc1C(=O)NCCc1ccc(Br)s1.